The van der Waals surface area contributed by atoms with Gasteiger partial charge in [-0.05, 0) is 135 Å². The molecule has 0 spiro atoms. The Morgan fingerprint density at radius 1 is 0.505 bits per heavy atom. The van der Waals surface area contributed by atoms with Crippen LogP contribution in [0.1, 0.15) is 181 Å². The summed E-state index contributed by atoms with van der Waals surface area (Å²) in [4.78, 5) is 80.6. The number of aliphatic hydroxyl groups is 3. The minimum Gasteiger partial charge on any atom is -0.465 e. The predicted octanol–water partition coefficient (Wildman–Crippen LogP) is 6.69. The van der Waals surface area contributed by atoms with Gasteiger partial charge in [-0.1, -0.05) is 55.4 Å². The van der Waals surface area contributed by atoms with E-state index in [1.807, 2.05) is 18.7 Å². The zero-order chi connectivity index (χ0) is 73.4. The summed E-state index contributed by atoms with van der Waals surface area (Å²) in [6.45, 7) is 42.0. The summed E-state index contributed by atoms with van der Waals surface area (Å²) in [6.07, 6.45) is 2.49. The van der Waals surface area contributed by atoms with Crippen LogP contribution < -0.4 is 38.1 Å². The van der Waals surface area contributed by atoms with Crippen molar-refractivity contribution in [1.82, 2.24) is 41.3 Å². The topological polar surface area (TPSA) is 340 Å². The van der Waals surface area contributed by atoms with Gasteiger partial charge in [-0.25, -0.2) is 9.59 Å². The zero-order valence-corrected chi connectivity index (χ0v) is 72.0. The van der Waals surface area contributed by atoms with Crippen LogP contribution in [0.2, 0.25) is 0 Å². The standard InChI is InChI=1S/C47H88N4O12S2.C18H39N3O3S.C4H13N3.H3P.U/c1-11-47(33-61-38(10)52)41(62-44(56)18-28-64-26-16-39(53)31-59-43(55)15-13-23-50(36(6)7)22-12-14-34(2)3)30-42(47)63-45(57)19-29-65-27-17-40(54)32-60-46(58)49-21-25-51(37(8)9)24-20-48-35(4)5;1-6-12-25-13-7-17(22)14-24-18(23)20-9-11-21(16(4)5)10-8-19-15(2)3;5-1-3-7-4-2-6;;/h34-37,39-42,48,53-54H,11-33H2,1-10H3,(H,49,58);15-17,19,22H,6-14H2,1-5H3,(H,20,23);7H,1-6H2;1H3;. The first-order valence-corrected chi connectivity index (χ1v) is 39.6. The first-order valence-electron chi connectivity index (χ1n) is 36.1. The molecule has 0 bridgehead atoms. The molecule has 0 aromatic heterocycles. The van der Waals surface area contributed by atoms with Gasteiger partial charge in [0.15, 0.2) is 0 Å². The van der Waals surface area contributed by atoms with E-state index < -0.39 is 66.0 Å². The number of rotatable bonds is 57. The Bertz CT molecular complexity index is 1910. The minimum atomic E-state index is -0.866. The second-order valence-corrected chi connectivity index (χ2v) is 30.2. The van der Waals surface area contributed by atoms with Crippen molar-refractivity contribution in [3.05, 3.63) is 0 Å². The second kappa shape index (κ2) is 67.1. The quantitative estimate of drug-likeness (QED) is 0.0131. The maximum Gasteiger partial charge on any atom is 0.407 e. The van der Waals surface area contributed by atoms with Crippen molar-refractivity contribution in [3.8, 4) is 0 Å². The van der Waals surface area contributed by atoms with E-state index in [9.17, 15) is 44.1 Å². The molecule has 2 amide bonds. The van der Waals surface area contributed by atoms with Gasteiger partial charge >= 0.3 is 36.1 Å². The number of esters is 4. The molecule has 1 fully saturated rings. The van der Waals surface area contributed by atoms with Crippen LogP contribution in [-0.4, -0.2) is 279 Å². The molecule has 12 N–H and O–H groups in total. The molecule has 1 aliphatic carbocycles. The summed E-state index contributed by atoms with van der Waals surface area (Å²) in [5.74, 6) is 3.08. The van der Waals surface area contributed by atoms with Gasteiger partial charge in [0.05, 0.1) is 36.6 Å². The number of aliphatic hydroxyl groups excluding tert-OH is 3. The SMILES string of the molecule is CCC1(COC(C)=O)C(OC(=O)CCSCCC(O)COC(=O)CCCN(CCCC(C)C)C(C)C)CC1OC(=O)CCSCCC(O)COC(=O)NCCN(CCNC(C)C)C(C)C.CCCSCCC(O)COC(=O)NCCN(CCNC(C)C)C(C)C.NCCNCCN.P.[U]. The van der Waals surface area contributed by atoms with E-state index in [0.717, 1.165) is 83.3 Å². The third kappa shape index (κ3) is 59.4. The summed E-state index contributed by atoms with van der Waals surface area (Å²) < 4.78 is 32.6. The van der Waals surface area contributed by atoms with Crippen LogP contribution in [0.25, 0.3) is 0 Å². The number of nitrogens with zero attached hydrogens (tertiary/aromatic N) is 3. The number of nitrogens with one attached hydrogen (secondary N) is 5. The van der Waals surface area contributed by atoms with Crippen LogP contribution in [0, 0.1) is 42.4 Å². The molecule has 0 heterocycles. The first kappa shape index (κ1) is 104. The number of hydrogen-bond acceptors (Lipinski definition) is 26. The van der Waals surface area contributed by atoms with E-state index in [2.05, 4.69) is 131 Å². The summed E-state index contributed by atoms with van der Waals surface area (Å²) in [5.41, 5.74) is 9.47. The molecule has 7 atom stereocenters. The van der Waals surface area contributed by atoms with Gasteiger partial charge in [0.25, 0.3) is 0 Å². The van der Waals surface area contributed by atoms with Gasteiger partial charge in [-0.2, -0.15) is 45.2 Å². The molecule has 99 heavy (non-hydrogen) atoms. The van der Waals surface area contributed by atoms with Crippen LogP contribution in [0.4, 0.5) is 9.59 Å². The number of carbonyl (C=O) groups is 6. The molecule has 25 nitrogen and oxygen atoms in total. The average molecular weight is 1720 g/mol. The van der Waals surface area contributed by atoms with Crippen molar-refractivity contribution in [2.24, 2.45) is 22.8 Å². The monoisotopic (exact) mass is 1720 g/mol. The molecule has 1 saturated carbocycles. The molecule has 586 valence electrons. The van der Waals surface area contributed by atoms with E-state index in [1.54, 1.807) is 0 Å². The summed E-state index contributed by atoms with van der Waals surface area (Å²) in [6, 6.07) is 2.07. The van der Waals surface area contributed by atoms with E-state index in [0.29, 0.717) is 130 Å². The smallest absolute Gasteiger partial charge is 0.407 e. The van der Waals surface area contributed by atoms with E-state index in [-0.39, 0.29) is 92.7 Å². The van der Waals surface area contributed by atoms with Crippen LogP contribution in [-0.2, 0) is 47.6 Å². The summed E-state index contributed by atoms with van der Waals surface area (Å²) in [7, 11) is 0. The van der Waals surface area contributed by atoms with E-state index in [4.69, 9.17) is 39.9 Å². The number of carbonyl (C=O) groups excluding carboxylic acids is 6. The van der Waals surface area contributed by atoms with Crippen molar-refractivity contribution in [2.45, 2.75) is 242 Å². The molecule has 0 aromatic rings. The molecule has 0 aliphatic heterocycles. The summed E-state index contributed by atoms with van der Waals surface area (Å²) in [5, 5.41) is 45.8. The molecular weight excluding hydrogens is 1570 g/mol. The van der Waals surface area contributed by atoms with E-state index in [1.165, 1.54) is 36.9 Å². The maximum absolute atomic E-state index is 12.9. The molecule has 1 aliphatic rings. The number of hydrogen-bond donors (Lipinski definition) is 10. The maximum atomic E-state index is 12.9. The van der Waals surface area contributed by atoms with Gasteiger partial charge < -0.3 is 86.7 Å². The Hall–Kier alpha value is -1.49. The Morgan fingerprint density at radius 2 is 0.899 bits per heavy atom. The van der Waals surface area contributed by atoms with Crippen molar-refractivity contribution in [1.29, 1.82) is 0 Å². The van der Waals surface area contributed by atoms with Crippen molar-refractivity contribution < 1.29 is 104 Å². The van der Waals surface area contributed by atoms with Gasteiger partial charge in [0, 0.05) is 171 Å². The van der Waals surface area contributed by atoms with E-state index >= 15 is 0 Å². The molecular formula is C69H143N10O15PS3U. The number of amides is 2. The minimum absolute atomic E-state index is 0. The fourth-order valence-electron chi connectivity index (χ4n) is 9.77. The van der Waals surface area contributed by atoms with Gasteiger partial charge in [-0.15, -0.1) is 0 Å². The van der Waals surface area contributed by atoms with Crippen LogP contribution >= 0.6 is 45.2 Å². The Morgan fingerprint density at radius 3 is 1.27 bits per heavy atom. The first-order chi connectivity index (χ1) is 46.1. The van der Waals surface area contributed by atoms with Crippen molar-refractivity contribution in [2.75, 3.05) is 153 Å². The van der Waals surface area contributed by atoms with Gasteiger partial charge in [0.1, 0.15) is 38.6 Å². The molecule has 7 unspecified atom stereocenters. The van der Waals surface area contributed by atoms with Crippen LogP contribution in [0.15, 0.2) is 0 Å². The van der Waals surface area contributed by atoms with Gasteiger partial charge in [-0.3, -0.25) is 29.0 Å². The largest absolute Gasteiger partial charge is 0.465 e. The number of ether oxygens (including phenoxy) is 6. The summed E-state index contributed by atoms with van der Waals surface area (Å²) >= 11 is 4.78. The van der Waals surface area contributed by atoms with Crippen molar-refractivity contribution in [3.63, 3.8) is 0 Å². The number of nitrogens with two attached hydrogens (primary N) is 2. The Kier molecular flexibility index (Phi) is 70.4. The van der Waals surface area contributed by atoms with Crippen LogP contribution in [0.3, 0.4) is 0 Å². The zero-order valence-electron chi connectivity index (χ0n) is 64.0. The normalized spacial score (nSPS) is 15.9. The molecule has 0 radical (unpaired) electrons. The predicted molar refractivity (Wildman–Crippen MR) is 409 cm³/mol. The second-order valence-electron chi connectivity index (χ2n) is 26.5. The fraction of sp³-hybridized carbons (Fsp3) is 0.913. The fourth-order valence-corrected chi connectivity index (χ4v) is 12.6. The molecule has 30 heteroatoms. The third-order valence-electron chi connectivity index (χ3n) is 15.9. The molecule has 0 aromatic carbocycles. The van der Waals surface area contributed by atoms with Crippen molar-refractivity contribution >= 4 is 81.2 Å². The third-order valence-corrected chi connectivity index (χ3v) is 19.1. The molecule has 1 rings (SSSR count). The average Bonchev–Trinajstić information content (AvgIpc) is 0.746. The number of alkyl carbamates (subject to hydrolysis) is 2. The molecule has 0 saturated heterocycles. The Labute approximate surface area is 638 Å². The number of thioether (sulfide) groups is 3. The Balaban J connectivity index is -0.00000109. The van der Waals surface area contributed by atoms with Crippen LogP contribution in [0.5, 0.6) is 0 Å². The van der Waals surface area contributed by atoms with Gasteiger partial charge in [0.2, 0.25) is 0 Å².